The number of aromatic hydroxyl groups is 1. The molecule has 0 fully saturated rings. The van der Waals surface area contributed by atoms with E-state index >= 15 is 0 Å². The first kappa shape index (κ1) is 11.0. The van der Waals surface area contributed by atoms with E-state index in [9.17, 15) is 9.90 Å². The van der Waals surface area contributed by atoms with E-state index < -0.39 is 0 Å². The van der Waals surface area contributed by atoms with Crippen molar-refractivity contribution in [3.63, 3.8) is 0 Å². The topological polar surface area (TPSA) is 40.5 Å². The van der Waals surface area contributed by atoms with Gasteiger partial charge in [0, 0.05) is 19.2 Å². The van der Waals surface area contributed by atoms with E-state index in [1.54, 1.807) is 30.1 Å². The summed E-state index contributed by atoms with van der Waals surface area (Å²) in [6.45, 7) is 0.428. The molecule has 0 aromatic heterocycles. The second kappa shape index (κ2) is 5.00. The Morgan fingerprint density at radius 2 is 2.14 bits per heavy atom. The maximum absolute atomic E-state index is 11.2. The van der Waals surface area contributed by atoms with Gasteiger partial charge < -0.3 is 10.0 Å². The molecule has 0 spiro atoms. The molecule has 1 amide bonds. The molecule has 14 heavy (non-hydrogen) atoms. The molecule has 1 aromatic rings. The van der Waals surface area contributed by atoms with Crippen LogP contribution in [0.5, 0.6) is 5.75 Å². The van der Waals surface area contributed by atoms with Crippen molar-refractivity contribution in [1.29, 1.82) is 0 Å². The summed E-state index contributed by atoms with van der Waals surface area (Å²) in [4.78, 5) is 12.8. The number of amides is 1. The van der Waals surface area contributed by atoms with Gasteiger partial charge in [0.25, 0.3) is 0 Å². The van der Waals surface area contributed by atoms with Crippen LogP contribution in [0.25, 0.3) is 0 Å². The van der Waals surface area contributed by atoms with Crippen molar-refractivity contribution < 1.29 is 9.90 Å². The quantitative estimate of drug-likeness (QED) is 0.839. The molecule has 0 bridgehead atoms. The third-order valence-corrected chi connectivity index (χ3v) is 2.42. The Labute approximate surface area is 91.5 Å². The predicted octanol–water partition coefficient (Wildman–Crippen LogP) is 1.75. The lowest BCUT2D eigenvalue weighted by Crippen LogP contribution is -2.26. The summed E-state index contributed by atoms with van der Waals surface area (Å²) in [6, 6.07) is 7.00. The monoisotopic (exact) mass is 257 g/mol. The molecular formula is C10H12BrNO2. The maximum Gasteiger partial charge on any atom is 0.233 e. The molecule has 0 saturated carbocycles. The molecule has 0 saturated heterocycles. The lowest BCUT2D eigenvalue weighted by molar-refractivity contribution is -0.127. The highest BCUT2D eigenvalue weighted by atomic mass is 79.9. The van der Waals surface area contributed by atoms with Gasteiger partial charge >= 0.3 is 0 Å². The van der Waals surface area contributed by atoms with Crippen LogP contribution in [0.3, 0.4) is 0 Å². The van der Waals surface area contributed by atoms with Gasteiger partial charge in [0.1, 0.15) is 5.75 Å². The molecule has 0 unspecified atom stereocenters. The van der Waals surface area contributed by atoms with Gasteiger partial charge in [0.15, 0.2) is 0 Å². The number of halogens is 1. The highest BCUT2D eigenvalue weighted by Gasteiger charge is 2.08. The second-order valence-corrected chi connectivity index (χ2v) is 3.57. The third-order valence-electron chi connectivity index (χ3n) is 1.94. The van der Waals surface area contributed by atoms with Gasteiger partial charge in [0.2, 0.25) is 5.91 Å². The average molecular weight is 258 g/mol. The van der Waals surface area contributed by atoms with Crippen LogP contribution >= 0.6 is 15.9 Å². The van der Waals surface area contributed by atoms with Gasteiger partial charge in [-0.2, -0.15) is 0 Å². The van der Waals surface area contributed by atoms with Gasteiger partial charge in [-0.1, -0.05) is 34.1 Å². The van der Waals surface area contributed by atoms with Crippen molar-refractivity contribution >= 4 is 21.8 Å². The highest BCUT2D eigenvalue weighted by molar-refractivity contribution is 9.09. The summed E-state index contributed by atoms with van der Waals surface area (Å²) in [6.07, 6.45) is 0. The Hall–Kier alpha value is -1.03. The Kier molecular flexibility index (Phi) is 3.95. The molecule has 0 aliphatic carbocycles. The average Bonchev–Trinajstić information content (AvgIpc) is 2.20. The summed E-state index contributed by atoms with van der Waals surface area (Å²) in [5.41, 5.74) is 0.754. The number of rotatable bonds is 3. The first-order valence-electron chi connectivity index (χ1n) is 4.22. The molecule has 3 nitrogen and oxygen atoms in total. The van der Waals surface area contributed by atoms with Gasteiger partial charge in [-0.15, -0.1) is 0 Å². The van der Waals surface area contributed by atoms with E-state index in [-0.39, 0.29) is 11.7 Å². The molecule has 4 heteroatoms. The van der Waals surface area contributed by atoms with E-state index in [0.29, 0.717) is 11.9 Å². The number of nitrogens with zero attached hydrogens (tertiary/aromatic N) is 1. The van der Waals surface area contributed by atoms with Crippen molar-refractivity contribution in [2.75, 3.05) is 12.4 Å². The zero-order valence-corrected chi connectivity index (χ0v) is 9.49. The molecular weight excluding hydrogens is 246 g/mol. The highest BCUT2D eigenvalue weighted by Crippen LogP contribution is 2.17. The minimum absolute atomic E-state index is 0.00625. The van der Waals surface area contributed by atoms with Crippen molar-refractivity contribution in [2.24, 2.45) is 0 Å². The normalized spacial score (nSPS) is 9.86. The van der Waals surface area contributed by atoms with Crippen molar-refractivity contribution in [2.45, 2.75) is 6.54 Å². The summed E-state index contributed by atoms with van der Waals surface area (Å²) in [5.74, 6) is 0.218. The third kappa shape index (κ3) is 2.73. The standard InChI is InChI=1S/C10H12BrNO2/c1-12(10(14)6-11)7-8-4-2-3-5-9(8)13/h2-5,13H,6-7H2,1H3. The lowest BCUT2D eigenvalue weighted by Gasteiger charge is -2.16. The zero-order chi connectivity index (χ0) is 10.6. The van der Waals surface area contributed by atoms with Crippen LogP contribution in [0.4, 0.5) is 0 Å². The Morgan fingerprint density at radius 3 is 2.71 bits per heavy atom. The fraction of sp³-hybridized carbons (Fsp3) is 0.300. The van der Waals surface area contributed by atoms with Crippen LogP contribution in [0.2, 0.25) is 0 Å². The molecule has 0 radical (unpaired) electrons. The number of para-hydroxylation sites is 1. The number of phenolic OH excluding ortho intramolecular Hbond substituents is 1. The van der Waals surface area contributed by atoms with E-state index in [1.807, 2.05) is 6.07 Å². The second-order valence-electron chi connectivity index (χ2n) is 3.01. The zero-order valence-electron chi connectivity index (χ0n) is 7.90. The van der Waals surface area contributed by atoms with Crippen molar-refractivity contribution in [3.8, 4) is 5.75 Å². The number of benzene rings is 1. The fourth-order valence-corrected chi connectivity index (χ4v) is 1.52. The Bertz CT molecular complexity index is 328. The van der Waals surface area contributed by atoms with E-state index in [1.165, 1.54) is 0 Å². The fourth-order valence-electron chi connectivity index (χ4n) is 1.09. The van der Waals surface area contributed by atoms with Crippen LogP contribution in [0, 0.1) is 0 Å². The lowest BCUT2D eigenvalue weighted by atomic mass is 10.2. The molecule has 0 atom stereocenters. The van der Waals surface area contributed by atoms with Crippen molar-refractivity contribution in [1.82, 2.24) is 4.90 Å². The minimum atomic E-state index is -0.00625. The molecule has 0 aliphatic rings. The first-order valence-corrected chi connectivity index (χ1v) is 5.34. The first-order chi connectivity index (χ1) is 6.65. The van der Waals surface area contributed by atoms with E-state index in [0.717, 1.165) is 5.56 Å². The Balaban J connectivity index is 2.69. The van der Waals surface area contributed by atoms with Crippen LogP contribution in [-0.2, 0) is 11.3 Å². The minimum Gasteiger partial charge on any atom is -0.508 e. The number of carbonyl (C=O) groups is 1. The van der Waals surface area contributed by atoms with E-state index in [2.05, 4.69) is 15.9 Å². The van der Waals surface area contributed by atoms with Gasteiger partial charge in [-0.25, -0.2) is 0 Å². The molecule has 1 N–H and O–H groups in total. The number of hydrogen-bond donors (Lipinski definition) is 1. The molecule has 0 aliphatic heterocycles. The van der Waals surface area contributed by atoms with Gasteiger partial charge in [-0.3, -0.25) is 4.79 Å². The molecule has 76 valence electrons. The number of carbonyl (C=O) groups excluding carboxylic acids is 1. The van der Waals surface area contributed by atoms with Crippen LogP contribution in [0.15, 0.2) is 24.3 Å². The molecule has 1 aromatic carbocycles. The van der Waals surface area contributed by atoms with Gasteiger partial charge in [-0.05, 0) is 6.07 Å². The summed E-state index contributed by atoms with van der Waals surface area (Å²) >= 11 is 3.09. The van der Waals surface area contributed by atoms with Crippen LogP contribution < -0.4 is 0 Å². The maximum atomic E-state index is 11.2. The van der Waals surface area contributed by atoms with Crippen LogP contribution in [0.1, 0.15) is 5.56 Å². The van der Waals surface area contributed by atoms with Gasteiger partial charge in [0.05, 0.1) is 5.33 Å². The molecule has 0 heterocycles. The smallest absolute Gasteiger partial charge is 0.233 e. The summed E-state index contributed by atoms with van der Waals surface area (Å²) < 4.78 is 0. The predicted molar refractivity (Wildman–Crippen MR) is 58.4 cm³/mol. The summed E-state index contributed by atoms with van der Waals surface area (Å²) in [5, 5.41) is 9.77. The summed E-state index contributed by atoms with van der Waals surface area (Å²) in [7, 11) is 1.70. The SMILES string of the molecule is CN(Cc1ccccc1O)C(=O)CBr. The molecule has 1 rings (SSSR count). The van der Waals surface area contributed by atoms with Crippen LogP contribution in [-0.4, -0.2) is 28.3 Å². The largest absolute Gasteiger partial charge is 0.508 e. The number of phenols is 1. The Morgan fingerprint density at radius 1 is 1.50 bits per heavy atom. The number of hydrogen-bond acceptors (Lipinski definition) is 2. The van der Waals surface area contributed by atoms with Crippen molar-refractivity contribution in [3.05, 3.63) is 29.8 Å². The van der Waals surface area contributed by atoms with E-state index in [4.69, 9.17) is 0 Å². The number of alkyl halides is 1.